The molecule has 5 atom stereocenters. The fourth-order valence-electron chi connectivity index (χ4n) is 6.80. The summed E-state index contributed by atoms with van der Waals surface area (Å²) in [5.41, 5.74) is 5.04. The standard InChI is InChI=1S/C28H34ClN5O/c1-16-6-8-20-24(31-34(5)25(20)30-16)22-13-21(22)19-9-7-17(12-23(19)29)26(35)33(4)18-14-27(2)10-11-28(3,15-18)32-27/h6-9,12,18,21-22,32H,10-11,13-15H2,1-5H3/t18?,21-,22+,27-,28+/m0/s1. The number of carbonyl (C=O) groups excluding carboxylic acids is 1. The molecule has 4 heterocycles. The quantitative estimate of drug-likeness (QED) is 0.535. The van der Waals surface area contributed by atoms with Crippen molar-refractivity contribution in [1.29, 1.82) is 0 Å². The zero-order valence-electron chi connectivity index (χ0n) is 21.2. The first-order chi connectivity index (χ1) is 16.6. The van der Waals surface area contributed by atoms with E-state index < -0.39 is 0 Å². The molecule has 2 aliphatic heterocycles. The molecule has 0 spiro atoms. The second-order valence-electron chi connectivity index (χ2n) is 11.7. The average Bonchev–Trinajstić information content (AvgIpc) is 3.47. The Kier molecular flexibility index (Phi) is 5.11. The van der Waals surface area contributed by atoms with Crippen LogP contribution in [0.3, 0.4) is 0 Å². The number of halogens is 1. The number of piperidine rings is 1. The van der Waals surface area contributed by atoms with Crippen LogP contribution in [0.1, 0.15) is 85.1 Å². The van der Waals surface area contributed by atoms with Crippen LogP contribution in [-0.4, -0.2) is 49.7 Å². The van der Waals surface area contributed by atoms with Gasteiger partial charge in [0.15, 0.2) is 5.65 Å². The molecular weight excluding hydrogens is 458 g/mol. The molecule has 3 aromatic rings. The number of nitrogens with zero attached hydrogens (tertiary/aromatic N) is 4. The fourth-order valence-corrected chi connectivity index (χ4v) is 7.12. The zero-order chi connectivity index (χ0) is 24.7. The Morgan fingerprint density at radius 2 is 1.86 bits per heavy atom. The Morgan fingerprint density at radius 1 is 1.14 bits per heavy atom. The second-order valence-corrected chi connectivity index (χ2v) is 12.1. The van der Waals surface area contributed by atoms with E-state index >= 15 is 0 Å². The zero-order valence-corrected chi connectivity index (χ0v) is 22.0. The number of benzene rings is 1. The van der Waals surface area contributed by atoms with Crippen molar-refractivity contribution in [3.63, 3.8) is 0 Å². The highest BCUT2D eigenvalue weighted by molar-refractivity contribution is 6.31. The van der Waals surface area contributed by atoms with Crippen molar-refractivity contribution in [3.05, 3.63) is 57.9 Å². The van der Waals surface area contributed by atoms with E-state index in [1.54, 1.807) is 0 Å². The number of hydrogen-bond donors (Lipinski definition) is 1. The molecule has 3 fully saturated rings. The van der Waals surface area contributed by atoms with E-state index in [9.17, 15) is 4.79 Å². The van der Waals surface area contributed by atoms with E-state index in [1.165, 1.54) is 12.8 Å². The molecule has 35 heavy (non-hydrogen) atoms. The van der Waals surface area contributed by atoms with Crippen molar-refractivity contribution in [2.24, 2.45) is 7.05 Å². The smallest absolute Gasteiger partial charge is 0.253 e. The first-order valence-corrected chi connectivity index (χ1v) is 13.1. The molecule has 184 valence electrons. The maximum absolute atomic E-state index is 13.4. The van der Waals surface area contributed by atoms with E-state index in [4.69, 9.17) is 16.7 Å². The van der Waals surface area contributed by atoms with Gasteiger partial charge in [-0.1, -0.05) is 17.7 Å². The van der Waals surface area contributed by atoms with Crippen LogP contribution in [0.2, 0.25) is 5.02 Å². The third kappa shape index (κ3) is 3.86. The normalized spacial score (nSPS) is 31.7. The number of hydrogen-bond acceptors (Lipinski definition) is 4. The molecule has 2 saturated heterocycles. The molecule has 1 aromatic carbocycles. The van der Waals surface area contributed by atoms with Crippen LogP contribution < -0.4 is 5.32 Å². The van der Waals surface area contributed by atoms with Crippen molar-refractivity contribution in [1.82, 2.24) is 25.0 Å². The lowest BCUT2D eigenvalue weighted by Gasteiger charge is -2.45. The number of rotatable bonds is 4. The fraction of sp³-hybridized carbons (Fsp3) is 0.536. The molecule has 2 aromatic heterocycles. The molecule has 1 aliphatic carbocycles. The monoisotopic (exact) mass is 491 g/mol. The molecule has 0 radical (unpaired) electrons. The Morgan fingerprint density at radius 3 is 2.54 bits per heavy atom. The maximum atomic E-state index is 13.4. The number of pyridine rings is 1. The SMILES string of the molecule is Cc1ccc2c([C@@H]3C[C@H]3c3ccc(C(=O)N(C)C4C[C@]5(C)CC[C@](C)(C4)N5)cc3Cl)nn(C)c2n1. The van der Waals surface area contributed by atoms with Crippen LogP contribution in [0.25, 0.3) is 11.0 Å². The summed E-state index contributed by atoms with van der Waals surface area (Å²) >= 11 is 6.78. The number of fused-ring (bicyclic) bond motifs is 3. The van der Waals surface area contributed by atoms with Crippen LogP contribution >= 0.6 is 11.6 Å². The third-order valence-corrected chi connectivity index (χ3v) is 9.04. The van der Waals surface area contributed by atoms with Crippen LogP contribution in [0, 0.1) is 6.92 Å². The van der Waals surface area contributed by atoms with Gasteiger partial charge in [-0.05, 0) is 88.6 Å². The van der Waals surface area contributed by atoms with E-state index in [-0.39, 0.29) is 23.0 Å². The lowest BCUT2D eigenvalue weighted by atomic mass is 9.84. The summed E-state index contributed by atoms with van der Waals surface area (Å²) in [7, 11) is 3.90. The third-order valence-electron chi connectivity index (χ3n) is 8.72. The maximum Gasteiger partial charge on any atom is 0.253 e. The van der Waals surface area contributed by atoms with Gasteiger partial charge in [-0.2, -0.15) is 5.10 Å². The summed E-state index contributed by atoms with van der Waals surface area (Å²) in [5.74, 6) is 0.710. The number of aryl methyl sites for hydroxylation is 2. The molecule has 1 amide bonds. The molecule has 1 unspecified atom stereocenters. The molecular formula is C28H34ClN5O. The first-order valence-electron chi connectivity index (χ1n) is 12.7. The summed E-state index contributed by atoms with van der Waals surface area (Å²) in [5, 5.41) is 10.4. The number of carbonyl (C=O) groups is 1. The van der Waals surface area contributed by atoms with Crippen LogP contribution in [-0.2, 0) is 7.05 Å². The highest BCUT2D eigenvalue weighted by Gasteiger charge is 2.50. The molecule has 2 bridgehead atoms. The van der Waals surface area contributed by atoms with Crippen LogP contribution in [0.4, 0.5) is 0 Å². The molecule has 1 saturated carbocycles. The number of amides is 1. The summed E-state index contributed by atoms with van der Waals surface area (Å²) in [6, 6.07) is 10.3. The van der Waals surface area contributed by atoms with Gasteiger partial charge >= 0.3 is 0 Å². The van der Waals surface area contributed by atoms with Gasteiger partial charge in [-0.3, -0.25) is 9.48 Å². The van der Waals surface area contributed by atoms with Crippen molar-refractivity contribution in [2.75, 3.05) is 7.05 Å². The predicted octanol–water partition coefficient (Wildman–Crippen LogP) is 5.34. The van der Waals surface area contributed by atoms with Crippen LogP contribution in [0.5, 0.6) is 0 Å². The summed E-state index contributed by atoms with van der Waals surface area (Å²) in [6.45, 7) is 6.59. The van der Waals surface area contributed by atoms with E-state index in [1.807, 2.05) is 48.8 Å². The number of aromatic nitrogens is 3. The Bertz CT molecular complexity index is 1330. The van der Waals surface area contributed by atoms with Crippen molar-refractivity contribution < 1.29 is 4.79 Å². The molecule has 6 nitrogen and oxygen atoms in total. The largest absolute Gasteiger partial charge is 0.339 e. The minimum atomic E-state index is 0.0569. The van der Waals surface area contributed by atoms with Gasteiger partial charge in [0.05, 0.1) is 5.69 Å². The van der Waals surface area contributed by atoms with Gasteiger partial charge in [-0.25, -0.2) is 4.98 Å². The topological polar surface area (TPSA) is 63.1 Å². The first kappa shape index (κ1) is 23.0. The Labute approximate surface area is 212 Å². The molecule has 7 heteroatoms. The minimum Gasteiger partial charge on any atom is -0.339 e. The average molecular weight is 492 g/mol. The molecule has 1 N–H and O–H groups in total. The van der Waals surface area contributed by atoms with Gasteiger partial charge in [0, 0.05) is 58.8 Å². The van der Waals surface area contributed by atoms with Crippen LogP contribution in [0.15, 0.2) is 30.3 Å². The van der Waals surface area contributed by atoms with E-state index in [2.05, 4.69) is 36.3 Å². The molecule has 3 aliphatic rings. The van der Waals surface area contributed by atoms with Gasteiger partial charge in [-0.15, -0.1) is 0 Å². The van der Waals surface area contributed by atoms with Gasteiger partial charge in [0.25, 0.3) is 5.91 Å². The van der Waals surface area contributed by atoms with Gasteiger partial charge < -0.3 is 10.2 Å². The Balaban J connectivity index is 1.20. The van der Waals surface area contributed by atoms with E-state index in [0.29, 0.717) is 22.4 Å². The van der Waals surface area contributed by atoms with Crippen molar-refractivity contribution in [2.45, 2.75) is 81.8 Å². The predicted molar refractivity (Wildman–Crippen MR) is 139 cm³/mol. The lowest BCUT2D eigenvalue weighted by molar-refractivity contribution is 0.0597. The summed E-state index contributed by atoms with van der Waals surface area (Å²) < 4.78 is 1.88. The van der Waals surface area contributed by atoms with Gasteiger partial charge in [0.2, 0.25) is 0 Å². The van der Waals surface area contributed by atoms with Crippen molar-refractivity contribution >= 4 is 28.5 Å². The molecule has 6 rings (SSSR count). The van der Waals surface area contributed by atoms with Crippen molar-refractivity contribution in [3.8, 4) is 0 Å². The highest BCUT2D eigenvalue weighted by Crippen LogP contribution is 2.57. The Hall–Kier alpha value is -2.44. The minimum absolute atomic E-state index is 0.0569. The number of nitrogens with one attached hydrogen (secondary N) is 1. The highest BCUT2D eigenvalue weighted by atomic mass is 35.5. The lowest BCUT2D eigenvalue weighted by Crippen LogP contribution is -2.59. The summed E-state index contributed by atoms with van der Waals surface area (Å²) in [6.07, 6.45) is 5.34. The van der Waals surface area contributed by atoms with Gasteiger partial charge in [0.1, 0.15) is 0 Å². The summed E-state index contributed by atoms with van der Waals surface area (Å²) in [4.78, 5) is 20.0. The van der Waals surface area contributed by atoms with E-state index in [0.717, 1.165) is 47.2 Å². The second kappa shape index (κ2) is 7.78.